The zero-order valence-corrected chi connectivity index (χ0v) is 10.0. The average Bonchev–Trinajstić information content (AvgIpc) is 2.70. The molecule has 0 aliphatic rings. The molecule has 16 heavy (non-hydrogen) atoms. The van der Waals surface area contributed by atoms with E-state index in [0.29, 0.717) is 18.1 Å². The fourth-order valence-electron chi connectivity index (χ4n) is 1.39. The highest BCUT2D eigenvalue weighted by Crippen LogP contribution is 2.17. The summed E-state index contributed by atoms with van der Waals surface area (Å²) in [6, 6.07) is 8.27. The van der Waals surface area contributed by atoms with E-state index in [2.05, 4.69) is 41.3 Å². The summed E-state index contributed by atoms with van der Waals surface area (Å²) in [5.41, 5.74) is 2.41. The van der Waals surface area contributed by atoms with Gasteiger partial charge in [-0.15, -0.1) is 11.6 Å². The molecule has 0 aliphatic heterocycles. The lowest BCUT2D eigenvalue weighted by Gasteiger charge is -1.97. The van der Waals surface area contributed by atoms with E-state index in [-0.39, 0.29) is 5.38 Å². The molecule has 0 saturated carbocycles. The van der Waals surface area contributed by atoms with Crippen LogP contribution in [0.1, 0.15) is 35.1 Å². The third-order valence-corrected chi connectivity index (χ3v) is 2.49. The van der Waals surface area contributed by atoms with E-state index in [1.807, 2.05) is 6.92 Å². The summed E-state index contributed by atoms with van der Waals surface area (Å²) in [6.45, 7) is 3.87. The van der Waals surface area contributed by atoms with Crippen LogP contribution in [0.4, 0.5) is 0 Å². The molecular weight excluding hydrogens is 224 g/mol. The van der Waals surface area contributed by atoms with Gasteiger partial charge in [0.1, 0.15) is 5.38 Å². The monoisotopic (exact) mass is 236 g/mol. The topological polar surface area (TPSA) is 38.9 Å². The van der Waals surface area contributed by atoms with Gasteiger partial charge in [0.2, 0.25) is 5.89 Å². The summed E-state index contributed by atoms with van der Waals surface area (Å²) >= 11 is 5.84. The van der Waals surface area contributed by atoms with Gasteiger partial charge in [-0.2, -0.15) is 4.98 Å². The second-order valence-corrected chi connectivity index (χ2v) is 4.48. The Morgan fingerprint density at radius 2 is 2.00 bits per heavy atom. The highest BCUT2D eigenvalue weighted by atomic mass is 35.5. The molecule has 1 heterocycles. The Balaban J connectivity index is 2.11. The molecule has 0 radical (unpaired) electrons. The van der Waals surface area contributed by atoms with Crippen LogP contribution in [0.5, 0.6) is 0 Å². The quantitative estimate of drug-likeness (QED) is 0.768. The molecule has 0 saturated heterocycles. The summed E-state index contributed by atoms with van der Waals surface area (Å²) in [5, 5.41) is 3.65. The molecule has 0 bridgehead atoms. The number of aryl methyl sites for hydroxylation is 1. The van der Waals surface area contributed by atoms with Gasteiger partial charge in [-0.3, -0.25) is 0 Å². The van der Waals surface area contributed by atoms with Crippen LogP contribution in [0.3, 0.4) is 0 Å². The largest absolute Gasteiger partial charge is 0.338 e. The minimum absolute atomic E-state index is 0.237. The summed E-state index contributed by atoms with van der Waals surface area (Å²) in [7, 11) is 0. The summed E-state index contributed by atoms with van der Waals surface area (Å²) in [6.07, 6.45) is 0.674. The third kappa shape index (κ3) is 2.61. The van der Waals surface area contributed by atoms with Crippen molar-refractivity contribution in [3.8, 4) is 0 Å². The minimum atomic E-state index is -0.237. The van der Waals surface area contributed by atoms with Crippen LogP contribution in [0.25, 0.3) is 0 Å². The number of aromatic nitrogens is 2. The molecule has 1 aromatic carbocycles. The predicted octanol–water partition coefficient (Wildman–Crippen LogP) is 3.27. The molecule has 1 aromatic heterocycles. The van der Waals surface area contributed by atoms with E-state index in [0.717, 1.165) is 0 Å². The Kier molecular flexibility index (Phi) is 3.25. The van der Waals surface area contributed by atoms with Crippen molar-refractivity contribution >= 4 is 11.6 Å². The van der Waals surface area contributed by atoms with Gasteiger partial charge in [-0.05, 0) is 19.4 Å². The van der Waals surface area contributed by atoms with Crippen LogP contribution in [-0.4, -0.2) is 10.1 Å². The first-order valence-electron chi connectivity index (χ1n) is 5.17. The molecule has 4 heteroatoms. The molecule has 0 N–H and O–H groups in total. The van der Waals surface area contributed by atoms with Crippen LogP contribution in [-0.2, 0) is 6.42 Å². The molecule has 0 spiro atoms. The maximum atomic E-state index is 5.84. The second-order valence-electron chi connectivity index (χ2n) is 3.83. The first kappa shape index (κ1) is 11.1. The predicted molar refractivity (Wildman–Crippen MR) is 62.6 cm³/mol. The Morgan fingerprint density at radius 1 is 1.31 bits per heavy atom. The Morgan fingerprint density at radius 3 is 2.56 bits per heavy atom. The number of rotatable bonds is 3. The van der Waals surface area contributed by atoms with Crippen molar-refractivity contribution < 1.29 is 4.52 Å². The van der Waals surface area contributed by atoms with Crippen LogP contribution in [0.15, 0.2) is 28.8 Å². The summed E-state index contributed by atoms with van der Waals surface area (Å²) in [4.78, 5) is 4.22. The molecular formula is C12H13ClN2O. The lowest BCUT2D eigenvalue weighted by Crippen LogP contribution is -1.91. The number of benzene rings is 1. The van der Waals surface area contributed by atoms with Gasteiger partial charge in [0.25, 0.3) is 0 Å². The van der Waals surface area contributed by atoms with Crippen LogP contribution >= 0.6 is 11.6 Å². The summed E-state index contributed by atoms with van der Waals surface area (Å²) in [5.74, 6) is 1.15. The molecule has 2 rings (SSSR count). The van der Waals surface area contributed by atoms with E-state index in [9.17, 15) is 0 Å². The first-order chi connectivity index (χ1) is 7.65. The fourth-order valence-corrected chi connectivity index (χ4v) is 1.48. The Labute approximate surface area is 99.4 Å². The van der Waals surface area contributed by atoms with E-state index >= 15 is 0 Å². The smallest absolute Gasteiger partial charge is 0.244 e. The number of halogens is 1. The van der Waals surface area contributed by atoms with Gasteiger partial charge >= 0.3 is 0 Å². The molecule has 1 atom stereocenters. The molecule has 0 fully saturated rings. The van der Waals surface area contributed by atoms with Gasteiger partial charge in [0.15, 0.2) is 5.82 Å². The lowest BCUT2D eigenvalue weighted by molar-refractivity contribution is 0.374. The normalized spacial score (nSPS) is 12.7. The van der Waals surface area contributed by atoms with Gasteiger partial charge in [-0.25, -0.2) is 0 Å². The van der Waals surface area contributed by atoms with Crippen molar-refractivity contribution in [2.75, 3.05) is 0 Å². The van der Waals surface area contributed by atoms with Crippen molar-refractivity contribution in [3.63, 3.8) is 0 Å². The number of alkyl halides is 1. The van der Waals surface area contributed by atoms with Crippen LogP contribution in [0.2, 0.25) is 0 Å². The zero-order chi connectivity index (χ0) is 11.5. The van der Waals surface area contributed by atoms with Crippen molar-refractivity contribution in [3.05, 3.63) is 47.1 Å². The maximum absolute atomic E-state index is 5.84. The van der Waals surface area contributed by atoms with E-state index in [1.165, 1.54) is 11.1 Å². The SMILES string of the molecule is Cc1ccc(Cc2noc(C(C)Cl)n2)cc1. The van der Waals surface area contributed by atoms with E-state index in [4.69, 9.17) is 16.1 Å². The lowest BCUT2D eigenvalue weighted by atomic mass is 10.1. The average molecular weight is 237 g/mol. The molecule has 2 aromatic rings. The van der Waals surface area contributed by atoms with Crippen molar-refractivity contribution in [2.24, 2.45) is 0 Å². The number of hydrogen-bond donors (Lipinski definition) is 0. The van der Waals surface area contributed by atoms with Crippen LogP contribution < -0.4 is 0 Å². The molecule has 3 nitrogen and oxygen atoms in total. The maximum Gasteiger partial charge on any atom is 0.244 e. The van der Waals surface area contributed by atoms with Gasteiger partial charge in [0, 0.05) is 6.42 Å². The second kappa shape index (κ2) is 4.66. The van der Waals surface area contributed by atoms with Crippen molar-refractivity contribution in [1.29, 1.82) is 0 Å². The molecule has 1 unspecified atom stereocenters. The van der Waals surface area contributed by atoms with Crippen LogP contribution in [0, 0.1) is 6.92 Å². The van der Waals surface area contributed by atoms with Crippen molar-refractivity contribution in [1.82, 2.24) is 10.1 Å². The van der Waals surface area contributed by atoms with E-state index < -0.39 is 0 Å². The molecule has 0 amide bonds. The van der Waals surface area contributed by atoms with Gasteiger partial charge in [0.05, 0.1) is 0 Å². The van der Waals surface area contributed by atoms with E-state index in [1.54, 1.807) is 0 Å². The summed E-state index contributed by atoms with van der Waals surface area (Å²) < 4.78 is 5.03. The van der Waals surface area contributed by atoms with Gasteiger partial charge in [-0.1, -0.05) is 35.0 Å². The highest BCUT2D eigenvalue weighted by molar-refractivity contribution is 6.20. The Hall–Kier alpha value is -1.35. The van der Waals surface area contributed by atoms with Gasteiger partial charge < -0.3 is 4.52 Å². The Bertz CT molecular complexity index is 462. The first-order valence-corrected chi connectivity index (χ1v) is 5.61. The number of hydrogen-bond acceptors (Lipinski definition) is 3. The highest BCUT2D eigenvalue weighted by Gasteiger charge is 2.11. The fraction of sp³-hybridized carbons (Fsp3) is 0.333. The standard InChI is InChI=1S/C12H13ClN2O/c1-8-3-5-10(6-4-8)7-11-14-12(9(2)13)16-15-11/h3-6,9H,7H2,1-2H3. The molecule has 0 aliphatic carbocycles. The number of nitrogens with zero attached hydrogens (tertiary/aromatic N) is 2. The minimum Gasteiger partial charge on any atom is -0.338 e. The zero-order valence-electron chi connectivity index (χ0n) is 9.27. The molecule has 84 valence electrons. The van der Waals surface area contributed by atoms with Crippen molar-refractivity contribution in [2.45, 2.75) is 25.6 Å². The third-order valence-electron chi connectivity index (χ3n) is 2.31.